The van der Waals surface area contributed by atoms with Gasteiger partial charge in [-0.15, -0.1) is 0 Å². The second-order valence-corrected chi connectivity index (χ2v) is 14.1. The largest absolute Gasteiger partial charge is 0.379 e. The van der Waals surface area contributed by atoms with Crippen molar-refractivity contribution in [2.24, 2.45) is 15.0 Å². The standard InChI is InChI=1S/C52H41N5/c1-53-51(44-21-12-20-43(34-44)39-16-6-3-7-17-39)56-52(42-30-28-40(29-31-42)38-14-4-2-5-15-38)55-35-37-26-32-45(33-27-37)57-49-25-11-9-22-46(49)47-23-13-19-41-18-8-10-24-48(41)54-36-50(47)57/h2-18,20-34,54H,1,19,35-36H2/b23-13-,55-52?,56-51?. The van der Waals surface area contributed by atoms with E-state index in [0.29, 0.717) is 24.8 Å². The fraction of sp³-hybridized carbons (Fsp3) is 0.0577. The van der Waals surface area contributed by atoms with Crippen LogP contribution < -0.4 is 5.32 Å². The third kappa shape index (κ3) is 7.51. The fourth-order valence-electron chi connectivity index (χ4n) is 7.64. The molecule has 1 aliphatic heterocycles. The Balaban J connectivity index is 1.06. The van der Waals surface area contributed by atoms with Gasteiger partial charge < -0.3 is 9.88 Å². The average molecular weight is 736 g/mol. The van der Waals surface area contributed by atoms with Gasteiger partial charge in [0.15, 0.2) is 11.7 Å². The molecular formula is C52H41N5. The van der Waals surface area contributed by atoms with Crippen LogP contribution >= 0.6 is 0 Å². The van der Waals surface area contributed by atoms with E-state index in [1.54, 1.807) is 0 Å². The van der Waals surface area contributed by atoms with Crippen LogP contribution in [0.5, 0.6) is 0 Å². The van der Waals surface area contributed by atoms with Crippen molar-refractivity contribution in [3.8, 4) is 27.9 Å². The summed E-state index contributed by atoms with van der Waals surface area (Å²) in [7, 11) is 0. The smallest absolute Gasteiger partial charge is 0.161 e. The van der Waals surface area contributed by atoms with Gasteiger partial charge in [0.1, 0.15) is 0 Å². The van der Waals surface area contributed by atoms with Gasteiger partial charge in [0.05, 0.1) is 24.3 Å². The van der Waals surface area contributed by atoms with Gasteiger partial charge in [-0.2, -0.15) is 0 Å². The van der Waals surface area contributed by atoms with E-state index in [-0.39, 0.29) is 0 Å². The normalized spacial score (nSPS) is 13.4. The molecule has 5 heteroatoms. The summed E-state index contributed by atoms with van der Waals surface area (Å²) in [6, 6.07) is 63.4. The van der Waals surface area contributed by atoms with Crippen LogP contribution in [0.2, 0.25) is 0 Å². The highest BCUT2D eigenvalue weighted by Crippen LogP contribution is 2.33. The molecule has 9 rings (SSSR count). The number of nitrogens with one attached hydrogen (secondary N) is 1. The van der Waals surface area contributed by atoms with Crippen LogP contribution in [0.4, 0.5) is 5.69 Å². The number of allylic oxidation sites excluding steroid dienone is 1. The second kappa shape index (κ2) is 16.2. The zero-order valence-electron chi connectivity index (χ0n) is 31.6. The van der Waals surface area contributed by atoms with E-state index in [2.05, 4.69) is 179 Å². The molecule has 0 unspecified atom stereocenters. The number of nitrogens with zero attached hydrogens (tertiary/aromatic N) is 4. The lowest BCUT2D eigenvalue weighted by Gasteiger charge is -2.15. The summed E-state index contributed by atoms with van der Waals surface area (Å²) in [5, 5.41) is 4.99. The van der Waals surface area contributed by atoms with E-state index in [1.165, 1.54) is 33.4 Å². The minimum absolute atomic E-state index is 0.444. The van der Waals surface area contributed by atoms with E-state index in [0.717, 1.165) is 51.1 Å². The molecule has 7 aromatic carbocycles. The molecule has 0 bridgehead atoms. The molecule has 0 saturated heterocycles. The molecular weight excluding hydrogens is 695 g/mol. The Morgan fingerprint density at radius 1 is 0.596 bits per heavy atom. The molecule has 0 radical (unpaired) electrons. The number of amidine groups is 2. The quantitative estimate of drug-likeness (QED) is 0.129. The Hall–Kier alpha value is -7.37. The first-order valence-corrected chi connectivity index (χ1v) is 19.3. The topological polar surface area (TPSA) is 54.0 Å². The van der Waals surface area contributed by atoms with Crippen LogP contribution in [0, 0.1) is 0 Å². The number of rotatable bonds is 7. The number of aliphatic imine (C=N–C) groups is 3. The summed E-state index contributed by atoms with van der Waals surface area (Å²) in [5.74, 6) is 1.12. The molecule has 57 heavy (non-hydrogen) atoms. The van der Waals surface area contributed by atoms with Gasteiger partial charge in [0.25, 0.3) is 0 Å². The fourth-order valence-corrected chi connectivity index (χ4v) is 7.64. The van der Waals surface area contributed by atoms with Crippen molar-refractivity contribution < 1.29 is 0 Å². The van der Waals surface area contributed by atoms with Crippen LogP contribution in [-0.4, -0.2) is 23.0 Å². The lowest BCUT2D eigenvalue weighted by Crippen LogP contribution is -2.08. The van der Waals surface area contributed by atoms with E-state index in [1.807, 2.05) is 36.4 Å². The lowest BCUT2D eigenvalue weighted by atomic mass is 10.0. The van der Waals surface area contributed by atoms with Gasteiger partial charge in [-0.3, -0.25) is 4.99 Å². The van der Waals surface area contributed by atoms with Gasteiger partial charge in [-0.05, 0) is 76.9 Å². The van der Waals surface area contributed by atoms with E-state index in [4.69, 9.17) is 9.98 Å². The number of fused-ring (bicyclic) bond motifs is 4. The highest BCUT2D eigenvalue weighted by atomic mass is 15.0. The van der Waals surface area contributed by atoms with Crippen molar-refractivity contribution in [3.63, 3.8) is 0 Å². The van der Waals surface area contributed by atoms with Gasteiger partial charge in [-0.25, -0.2) is 9.98 Å². The van der Waals surface area contributed by atoms with Crippen molar-refractivity contribution in [2.75, 3.05) is 5.32 Å². The molecule has 2 heterocycles. The summed E-state index contributed by atoms with van der Waals surface area (Å²) in [4.78, 5) is 14.6. The summed E-state index contributed by atoms with van der Waals surface area (Å²) in [6.07, 6.45) is 5.45. The van der Waals surface area contributed by atoms with Crippen LogP contribution in [0.15, 0.2) is 203 Å². The predicted octanol–water partition coefficient (Wildman–Crippen LogP) is 12.2. The van der Waals surface area contributed by atoms with E-state index < -0.39 is 0 Å². The summed E-state index contributed by atoms with van der Waals surface area (Å²) >= 11 is 0. The predicted molar refractivity (Wildman–Crippen MR) is 240 cm³/mol. The number of benzene rings is 7. The highest BCUT2D eigenvalue weighted by Gasteiger charge is 2.18. The Bertz CT molecular complexity index is 2770. The number of hydrogen-bond acceptors (Lipinski definition) is 2. The molecule has 5 nitrogen and oxygen atoms in total. The average Bonchev–Trinajstić information content (AvgIpc) is 3.63. The Labute approximate surface area is 333 Å². The van der Waals surface area contributed by atoms with Gasteiger partial charge in [-0.1, -0.05) is 164 Å². The molecule has 1 N–H and O–H groups in total. The minimum atomic E-state index is 0.444. The van der Waals surface area contributed by atoms with Crippen LogP contribution in [0.3, 0.4) is 0 Å². The molecule has 0 fully saturated rings. The lowest BCUT2D eigenvalue weighted by molar-refractivity contribution is 0.960. The Kier molecular flexibility index (Phi) is 10.0. The number of hydrogen-bond donors (Lipinski definition) is 1. The van der Waals surface area contributed by atoms with Gasteiger partial charge >= 0.3 is 0 Å². The van der Waals surface area contributed by atoms with Crippen molar-refractivity contribution in [1.29, 1.82) is 0 Å². The van der Waals surface area contributed by atoms with E-state index >= 15 is 0 Å². The van der Waals surface area contributed by atoms with Crippen LogP contribution in [0.1, 0.15) is 33.5 Å². The maximum absolute atomic E-state index is 5.14. The van der Waals surface area contributed by atoms with Gasteiger partial charge in [0, 0.05) is 33.5 Å². The monoisotopic (exact) mass is 735 g/mol. The first-order valence-electron chi connectivity index (χ1n) is 19.3. The molecule has 0 aliphatic carbocycles. The highest BCUT2D eigenvalue weighted by molar-refractivity contribution is 6.13. The Morgan fingerprint density at radius 3 is 2.04 bits per heavy atom. The molecule has 8 aromatic rings. The summed E-state index contributed by atoms with van der Waals surface area (Å²) < 4.78 is 2.39. The van der Waals surface area contributed by atoms with Gasteiger partial charge in [0.2, 0.25) is 0 Å². The first-order chi connectivity index (χ1) is 28.2. The van der Waals surface area contributed by atoms with Crippen molar-refractivity contribution in [1.82, 2.24) is 4.57 Å². The Morgan fingerprint density at radius 2 is 1.26 bits per heavy atom. The molecule has 0 atom stereocenters. The SMILES string of the molecule is C=NC(=NC(=NCc1ccc(-n2c3c(c4ccccc42)/C=C\Cc2ccccc2NC3)cc1)c1ccc(-c2ccccc2)cc1)c1cccc(-c2ccccc2)c1. The van der Waals surface area contributed by atoms with Crippen molar-refractivity contribution in [2.45, 2.75) is 19.5 Å². The maximum Gasteiger partial charge on any atom is 0.161 e. The summed E-state index contributed by atoms with van der Waals surface area (Å²) in [6.45, 7) is 5.07. The third-order valence-electron chi connectivity index (χ3n) is 10.5. The second-order valence-electron chi connectivity index (χ2n) is 14.1. The molecule has 1 aromatic heterocycles. The molecule has 0 spiro atoms. The zero-order valence-corrected chi connectivity index (χ0v) is 31.6. The van der Waals surface area contributed by atoms with Crippen LogP contribution in [-0.2, 0) is 19.5 Å². The molecule has 0 saturated carbocycles. The first kappa shape index (κ1) is 35.3. The van der Waals surface area contributed by atoms with Crippen molar-refractivity contribution in [3.05, 3.63) is 222 Å². The number of anilines is 1. The number of aromatic nitrogens is 1. The molecule has 1 aliphatic rings. The summed E-state index contributed by atoms with van der Waals surface area (Å²) in [5.41, 5.74) is 14.6. The molecule has 274 valence electrons. The minimum Gasteiger partial charge on any atom is -0.379 e. The number of para-hydroxylation sites is 2. The third-order valence-corrected chi connectivity index (χ3v) is 10.5. The maximum atomic E-state index is 5.14. The van der Waals surface area contributed by atoms with Crippen LogP contribution in [0.25, 0.3) is 44.9 Å². The van der Waals surface area contributed by atoms with Crippen molar-refractivity contribution >= 4 is 41.1 Å². The zero-order chi connectivity index (χ0) is 38.4. The molecule has 0 amide bonds. The van der Waals surface area contributed by atoms with E-state index in [9.17, 15) is 0 Å².